The summed E-state index contributed by atoms with van der Waals surface area (Å²) in [7, 11) is 0. The summed E-state index contributed by atoms with van der Waals surface area (Å²) in [5.41, 5.74) is 4.49. The van der Waals surface area contributed by atoms with E-state index in [4.69, 9.17) is 4.74 Å². The van der Waals surface area contributed by atoms with Crippen molar-refractivity contribution in [2.45, 2.75) is 90.6 Å². The van der Waals surface area contributed by atoms with Gasteiger partial charge in [-0.15, -0.1) is 0 Å². The van der Waals surface area contributed by atoms with Gasteiger partial charge in [0.05, 0.1) is 5.56 Å². The molecule has 2 aromatic rings. The minimum absolute atomic E-state index is 0.507. The van der Waals surface area contributed by atoms with Gasteiger partial charge in [0.2, 0.25) is 0 Å². The van der Waals surface area contributed by atoms with Crippen LogP contribution in [0.2, 0.25) is 0 Å². The lowest BCUT2D eigenvalue weighted by Gasteiger charge is -2.29. The van der Waals surface area contributed by atoms with Crippen LogP contribution in [-0.4, -0.2) is 0 Å². The molecule has 1 fully saturated rings. The Labute approximate surface area is 183 Å². The number of hydrogen-bond acceptors (Lipinski definition) is 2. The third-order valence-electron chi connectivity index (χ3n) is 6.64. The Kier molecular flexibility index (Phi) is 8.81. The van der Waals surface area contributed by atoms with E-state index >= 15 is 0 Å². The predicted molar refractivity (Wildman–Crippen MR) is 125 cm³/mol. The topological polar surface area (TPSA) is 33.0 Å². The lowest BCUT2D eigenvalue weighted by Crippen LogP contribution is -2.13. The van der Waals surface area contributed by atoms with E-state index < -0.39 is 0 Å². The SMILES string of the molecule is CCCCc1ccc(OCc2ccc(C3CCC(CCCC)CC3)cc2)c(C#N)c1. The van der Waals surface area contributed by atoms with Crippen LogP contribution in [0, 0.1) is 17.2 Å². The molecule has 1 aliphatic rings. The molecule has 2 aromatic carbocycles. The number of nitrogens with zero attached hydrogens (tertiary/aromatic N) is 1. The zero-order valence-electron chi connectivity index (χ0n) is 18.8. The fourth-order valence-electron chi connectivity index (χ4n) is 4.65. The minimum Gasteiger partial charge on any atom is -0.488 e. The maximum Gasteiger partial charge on any atom is 0.137 e. The van der Waals surface area contributed by atoms with Crippen LogP contribution in [0.1, 0.15) is 99.8 Å². The summed E-state index contributed by atoms with van der Waals surface area (Å²) in [6.07, 6.45) is 12.9. The summed E-state index contributed by atoms with van der Waals surface area (Å²) in [6, 6.07) is 17.3. The molecule has 2 nitrogen and oxygen atoms in total. The van der Waals surface area contributed by atoms with Crippen LogP contribution < -0.4 is 4.74 Å². The highest BCUT2D eigenvalue weighted by Gasteiger charge is 2.21. The third kappa shape index (κ3) is 6.36. The summed E-state index contributed by atoms with van der Waals surface area (Å²) in [5.74, 6) is 2.36. The van der Waals surface area contributed by atoms with Gasteiger partial charge in [0.15, 0.2) is 0 Å². The van der Waals surface area contributed by atoms with E-state index in [0.29, 0.717) is 17.9 Å². The summed E-state index contributed by atoms with van der Waals surface area (Å²) in [6.45, 7) is 4.99. The van der Waals surface area contributed by atoms with E-state index in [-0.39, 0.29) is 0 Å². The molecule has 0 aromatic heterocycles. The summed E-state index contributed by atoms with van der Waals surface area (Å²) < 4.78 is 5.99. The van der Waals surface area contributed by atoms with E-state index in [0.717, 1.165) is 36.7 Å². The van der Waals surface area contributed by atoms with Crippen LogP contribution in [0.5, 0.6) is 5.75 Å². The van der Waals surface area contributed by atoms with Gasteiger partial charge in [-0.1, -0.05) is 69.9 Å². The minimum atomic E-state index is 0.507. The first-order valence-electron chi connectivity index (χ1n) is 12.0. The van der Waals surface area contributed by atoms with Gasteiger partial charge in [-0.25, -0.2) is 0 Å². The Morgan fingerprint density at radius 3 is 2.27 bits per heavy atom. The van der Waals surface area contributed by atoms with Crippen LogP contribution >= 0.6 is 0 Å². The largest absolute Gasteiger partial charge is 0.488 e. The number of rotatable bonds is 10. The fourth-order valence-corrected chi connectivity index (χ4v) is 4.65. The molecular weight excluding hydrogens is 366 g/mol. The first-order valence-corrected chi connectivity index (χ1v) is 12.0. The van der Waals surface area contributed by atoms with Crippen molar-refractivity contribution in [2.75, 3.05) is 0 Å². The maximum absolute atomic E-state index is 9.48. The Morgan fingerprint density at radius 1 is 0.900 bits per heavy atom. The molecule has 3 rings (SSSR count). The van der Waals surface area contributed by atoms with Crippen molar-refractivity contribution in [3.8, 4) is 11.8 Å². The van der Waals surface area contributed by atoms with Crippen molar-refractivity contribution in [2.24, 2.45) is 5.92 Å². The average molecular weight is 404 g/mol. The monoisotopic (exact) mass is 403 g/mol. The highest BCUT2D eigenvalue weighted by molar-refractivity contribution is 5.45. The number of aryl methyl sites for hydroxylation is 1. The van der Waals surface area contributed by atoms with Crippen LogP contribution in [0.4, 0.5) is 0 Å². The Morgan fingerprint density at radius 2 is 1.60 bits per heavy atom. The molecule has 160 valence electrons. The molecular formula is C28H37NO. The maximum atomic E-state index is 9.48. The van der Waals surface area contributed by atoms with Crippen LogP contribution in [0.15, 0.2) is 42.5 Å². The standard InChI is InChI=1S/C28H37NO/c1-3-5-7-22-9-14-25(15-10-22)26-16-11-24(12-17-26)21-30-28-18-13-23(8-6-4-2)19-27(28)20-29/h11-13,16-19,22,25H,3-10,14-15,21H2,1-2H3. The van der Waals surface area contributed by atoms with Gasteiger partial charge in [0.1, 0.15) is 18.4 Å². The average Bonchev–Trinajstić information content (AvgIpc) is 2.81. The molecule has 0 bridgehead atoms. The van der Waals surface area contributed by atoms with Crippen molar-refractivity contribution in [1.29, 1.82) is 5.26 Å². The van der Waals surface area contributed by atoms with Crippen molar-refractivity contribution in [1.82, 2.24) is 0 Å². The highest BCUT2D eigenvalue weighted by atomic mass is 16.5. The second-order valence-electron chi connectivity index (χ2n) is 8.94. The number of ether oxygens (including phenoxy) is 1. The first-order chi connectivity index (χ1) is 14.7. The van der Waals surface area contributed by atoms with E-state index in [9.17, 15) is 5.26 Å². The second kappa shape index (κ2) is 11.8. The highest BCUT2D eigenvalue weighted by Crippen LogP contribution is 2.37. The smallest absolute Gasteiger partial charge is 0.137 e. The molecule has 0 amide bonds. The fraction of sp³-hybridized carbons (Fsp3) is 0.536. The van der Waals surface area contributed by atoms with Gasteiger partial charge in [0.25, 0.3) is 0 Å². The van der Waals surface area contributed by atoms with Crippen molar-refractivity contribution in [3.63, 3.8) is 0 Å². The molecule has 0 unspecified atom stereocenters. The van der Waals surface area contributed by atoms with Gasteiger partial charge < -0.3 is 4.74 Å². The van der Waals surface area contributed by atoms with Crippen molar-refractivity contribution < 1.29 is 4.74 Å². The summed E-state index contributed by atoms with van der Waals surface area (Å²) in [4.78, 5) is 0. The number of nitriles is 1. The lowest BCUT2D eigenvalue weighted by atomic mass is 9.77. The molecule has 0 aliphatic heterocycles. The number of unbranched alkanes of at least 4 members (excludes halogenated alkanes) is 2. The van der Waals surface area contributed by atoms with Crippen LogP contribution in [-0.2, 0) is 13.0 Å². The predicted octanol–water partition coefficient (Wildman–Crippen LogP) is 7.94. The van der Waals surface area contributed by atoms with Gasteiger partial charge in [-0.05, 0) is 79.2 Å². The van der Waals surface area contributed by atoms with Gasteiger partial charge in [0, 0.05) is 0 Å². The van der Waals surface area contributed by atoms with E-state index in [1.54, 1.807) is 0 Å². The normalized spacial score (nSPS) is 18.7. The first kappa shape index (κ1) is 22.4. The van der Waals surface area contributed by atoms with E-state index in [1.807, 2.05) is 12.1 Å². The summed E-state index contributed by atoms with van der Waals surface area (Å²) in [5, 5.41) is 9.48. The van der Waals surface area contributed by atoms with Crippen LogP contribution in [0.25, 0.3) is 0 Å². The number of benzene rings is 2. The Bertz CT molecular complexity index is 810. The van der Waals surface area contributed by atoms with Crippen molar-refractivity contribution in [3.05, 3.63) is 64.7 Å². The zero-order valence-corrected chi connectivity index (χ0v) is 18.8. The molecule has 30 heavy (non-hydrogen) atoms. The molecule has 0 radical (unpaired) electrons. The molecule has 0 atom stereocenters. The molecule has 2 heteroatoms. The van der Waals surface area contributed by atoms with Gasteiger partial charge in [-0.2, -0.15) is 5.26 Å². The second-order valence-corrected chi connectivity index (χ2v) is 8.94. The van der Waals surface area contributed by atoms with E-state index in [1.165, 1.54) is 56.1 Å². The van der Waals surface area contributed by atoms with Crippen molar-refractivity contribution >= 4 is 0 Å². The summed E-state index contributed by atoms with van der Waals surface area (Å²) >= 11 is 0. The molecule has 0 N–H and O–H groups in total. The van der Waals surface area contributed by atoms with E-state index in [2.05, 4.69) is 50.2 Å². The Hall–Kier alpha value is -2.27. The lowest BCUT2D eigenvalue weighted by molar-refractivity contribution is 0.302. The quantitative estimate of drug-likeness (QED) is 0.403. The van der Waals surface area contributed by atoms with Gasteiger partial charge in [-0.3, -0.25) is 0 Å². The Balaban J connectivity index is 1.52. The third-order valence-corrected chi connectivity index (χ3v) is 6.64. The number of hydrogen-bond donors (Lipinski definition) is 0. The molecule has 0 heterocycles. The molecule has 0 saturated heterocycles. The van der Waals surface area contributed by atoms with Gasteiger partial charge >= 0.3 is 0 Å². The molecule has 1 aliphatic carbocycles. The van der Waals surface area contributed by atoms with Crippen LogP contribution in [0.3, 0.4) is 0 Å². The zero-order chi connectivity index (χ0) is 21.2. The molecule has 0 spiro atoms. The molecule has 1 saturated carbocycles.